The molecule has 0 bridgehead atoms. The van der Waals surface area contributed by atoms with Crippen molar-refractivity contribution >= 4 is 29.2 Å². The molecule has 3 N–H and O–H groups in total. The van der Waals surface area contributed by atoms with Gasteiger partial charge in [0, 0.05) is 34.9 Å². The number of guanidine groups is 1. The van der Waals surface area contributed by atoms with E-state index < -0.39 is 6.10 Å². The zero-order chi connectivity index (χ0) is 19.6. The van der Waals surface area contributed by atoms with Crippen LogP contribution in [0.1, 0.15) is 31.1 Å². The predicted octanol–water partition coefficient (Wildman–Crippen LogP) is 3.58. The van der Waals surface area contributed by atoms with Gasteiger partial charge in [0.1, 0.15) is 0 Å². The maximum Gasteiger partial charge on any atom is 0.218 e. The lowest BCUT2D eigenvalue weighted by Crippen LogP contribution is -2.39. The van der Waals surface area contributed by atoms with E-state index in [1.54, 1.807) is 24.4 Å². The van der Waals surface area contributed by atoms with E-state index in [0.717, 1.165) is 5.56 Å². The van der Waals surface area contributed by atoms with Crippen LogP contribution in [0.25, 0.3) is 0 Å². The Labute approximate surface area is 169 Å². The zero-order valence-corrected chi connectivity index (χ0v) is 16.9. The normalized spacial score (nSPS) is 12.6. The molecule has 0 spiro atoms. The van der Waals surface area contributed by atoms with Crippen molar-refractivity contribution in [3.8, 4) is 5.88 Å². The van der Waals surface area contributed by atoms with Gasteiger partial charge in [0.05, 0.1) is 19.3 Å². The van der Waals surface area contributed by atoms with Crippen LogP contribution < -0.4 is 15.4 Å². The lowest BCUT2D eigenvalue weighted by molar-refractivity contribution is 0.181. The molecule has 1 unspecified atom stereocenters. The van der Waals surface area contributed by atoms with Crippen LogP contribution in [0.5, 0.6) is 5.88 Å². The molecule has 0 amide bonds. The van der Waals surface area contributed by atoms with Crippen LogP contribution >= 0.6 is 23.2 Å². The number of nitrogens with zero attached hydrogens (tertiary/aromatic N) is 2. The van der Waals surface area contributed by atoms with Gasteiger partial charge in [-0.25, -0.2) is 9.98 Å². The van der Waals surface area contributed by atoms with Crippen molar-refractivity contribution in [2.24, 2.45) is 4.99 Å². The topological polar surface area (TPSA) is 78.8 Å². The van der Waals surface area contributed by atoms with Gasteiger partial charge in [-0.15, -0.1) is 0 Å². The number of pyridine rings is 1. The molecular formula is C19H24Cl2N4O2. The van der Waals surface area contributed by atoms with E-state index in [9.17, 15) is 5.11 Å². The lowest BCUT2D eigenvalue weighted by atomic mass is 10.1. The minimum absolute atomic E-state index is 0.258. The Balaban J connectivity index is 2.03. The summed E-state index contributed by atoms with van der Waals surface area (Å²) >= 11 is 12.0. The van der Waals surface area contributed by atoms with Gasteiger partial charge in [0.15, 0.2) is 5.96 Å². The number of hydrogen-bond acceptors (Lipinski definition) is 4. The second-order valence-corrected chi connectivity index (χ2v) is 6.57. The van der Waals surface area contributed by atoms with Crippen molar-refractivity contribution in [3.05, 3.63) is 57.7 Å². The molecule has 0 fully saturated rings. The molecular weight excluding hydrogens is 387 g/mol. The van der Waals surface area contributed by atoms with Gasteiger partial charge in [0.2, 0.25) is 5.88 Å². The Morgan fingerprint density at radius 1 is 1.22 bits per heavy atom. The molecule has 0 saturated carbocycles. The van der Waals surface area contributed by atoms with Crippen molar-refractivity contribution in [1.82, 2.24) is 15.6 Å². The summed E-state index contributed by atoms with van der Waals surface area (Å²) in [6, 6.07) is 8.78. The molecule has 1 heterocycles. The molecule has 2 aromatic rings. The molecule has 0 radical (unpaired) electrons. The minimum atomic E-state index is -0.776. The number of aliphatic hydroxyl groups excluding tert-OH is 1. The molecule has 2 rings (SSSR count). The molecule has 1 aromatic carbocycles. The van der Waals surface area contributed by atoms with Crippen LogP contribution in [-0.2, 0) is 6.54 Å². The van der Waals surface area contributed by atoms with Gasteiger partial charge in [-0.05, 0) is 43.7 Å². The first-order valence-corrected chi connectivity index (χ1v) is 9.52. The highest BCUT2D eigenvalue weighted by Gasteiger charge is 2.11. The third-order valence-corrected chi connectivity index (χ3v) is 4.05. The third kappa shape index (κ3) is 6.90. The number of nitrogens with one attached hydrogen (secondary N) is 2. The number of aliphatic hydroxyl groups is 1. The number of rotatable bonds is 8. The molecule has 146 valence electrons. The van der Waals surface area contributed by atoms with Gasteiger partial charge in [-0.1, -0.05) is 29.3 Å². The lowest BCUT2D eigenvalue weighted by Gasteiger charge is -2.16. The number of benzene rings is 1. The van der Waals surface area contributed by atoms with E-state index in [1.807, 2.05) is 26.0 Å². The average molecular weight is 411 g/mol. The van der Waals surface area contributed by atoms with Crippen LogP contribution in [0, 0.1) is 0 Å². The largest absolute Gasteiger partial charge is 0.478 e. The number of ether oxygens (including phenoxy) is 1. The molecule has 6 nitrogen and oxygen atoms in total. The Hall–Kier alpha value is -2.02. The highest BCUT2D eigenvalue weighted by Crippen LogP contribution is 2.23. The molecule has 0 aliphatic rings. The number of hydrogen-bond donors (Lipinski definition) is 3. The molecule has 0 aliphatic carbocycles. The fourth-order valence-electron chi connectivity index (χ4n) is 2.40. The van der Waals surface area contributed by atoms with Gasteiger partial charge in [0.25, 0.3) is 0 Å². The van der Waals surface area contributed by atoms with Crippen LogP contribution in [0.2, 0.25) is 10.0 Å². The van der Waals surface area contributed by atoms with Gasteiger partial charge in [-0.2, -0.15) is 0 Å². The van der Waals surface area contributed by atoms with Crippen LogP contribution in [0.15, 0.2) is 41.5 Å². The molecule has 0 aliphatic heterocycles. The minimum Gasteiger partial charge on any atom is -0.478 e. The van der Waals surface area contributed by atoms with Crippen molar-refractivity contribution < 1.29 is 9.84 Å². The maximum absolute atomic E-state index is 10.4. The summed E-state index contributed by atoms with van der Waals surface area (Å²) in [4.78, 5) is 8.76. The Bertz CT molecular complexity index is 751. The summed E-state index contributed by atoms with van der Waals surface area (Å²) < 4.78 is 5.52. The standard InChI is InChI=1S/C19H24Cl2N4O2/c1-3-22-19(24-11-13-6-5-7-23-18(13)27-4-2)25-12-17(26)14-8-15(20)10-16(21)9-14/h5-10,17,26H,3-4,11-12H2,1-2H3,(H2,22,24,25). The SMILES string of the molecule is CCNC(=NCc1cccnc1OCC)NCC(O)c1cc(Cl)cc(Cl)c1. The summed E-state index contributed by atoms with van der Waals surface area (Å²) in [6.45, 7) is 5.78. The Morgan fingerprint density at radius 2 is 1.96 bits per heavy atom. The number of aromatic nitrogens is 1. The van der Waals surface area contributed by atoms with Gasteiger partial charge >= 0.3 is 0 Å². The molecule has 1 aromatic heterocycles. The van der Waals surface area contributed by atoms with Crippen LogP contribution in [-0.4, -0.2) is 35.7 Å². The Kier molecular flexibility index (Phi) is 8.64. The van der Waals surface area contributed by atoms with E-state index >= 15 is 0 Å². The molecule has 8 heteroatoms. The average Bonchev–Trinajstić information content (AvgIpc) is 2.64. The van der Waals surface area contributed by atoms with E-state index in [4.69, 9.17) is 27.9 Å². The van der Waals surface area contributed by atoms with Crippen LogP contribution in [0.4, 0.5) is 0 Å². The monoisotopic (exact) mass is 410 g/mol. The third-order valence-electron chi connectivity index (χ3n) is 3.62. The highest BCUT2D eigenvalue weighted by molar-refractivity contribution is 6.34. The first kappa shape index (κ1) is 21.3. The number of halogens is 2. The first-order chi connectivity index (χ1) is 13.0. The summed E-state index contributed by atoms with van der Waals surface area (Å²) in [5.41, 5.74) is 1.53. The van der Waals surface area contributed by atoms with Crippen molar-refractivity contribution in [2.75, 3.05) is 19.7 Å². The molecule has 1 atom stereocenters. The maximum atomic E-state index is 10.4. The van der Waals surface area contributed by atoms with Gasteiger partial charge < -0.3 is 20.5 Å². The van der Waals surface area contributed by atoms with E-state index in [2.05, 4.69) is 20.6 Å². The second-order valence-electron chi connectivity index (χ2n) is 5.70. The summed E-state index contributed by atoms with van der Waals surface area (Å²) in [7, 11) is 0. The van der Waals surface area contributed by atoms with Crippen molar-refractivity contribution in [3.63, 3.8) is 0 Å². The Morgan fingerprint density at radius 3 is 2.63 bits per heavy atom. The summed E-state index contributed by atoms with van der Waals surface area (Å²) in [5.74, 6) is 1.16. The van der Waals surface area contributed by atoms with E-state index in [1.165, 1.54) is 0 Å². The smallest absolute Gasteiger partial charge is 0.218 e. The number of aliphatic imine (C=N–C) groups is 1. The summed E-state index contributed by atoms with van der Waals surface area (Å²) in [6.07, 6.45) is 0.913. The fourth-order valence-corrected chi connectivity index (χ4v) is 2.94. The predicted molar refractivity (Wildman–Crippen MR) is 110 cm³/mol. The molecule has 27 heavy (non-hydrogen) atoms. The van der Waals surface area contributed by atoms with Crippen molar-refractivity contribution in [2.45, 2.75) is 26.5 Å². The van der Waals surface area contributed by atoms with E-state index in [-0.39, 0.29) is 6.54 Å². The fraction of sp³-hybridized carbons (Fsp3) is 0.368. The zero-order valence-electron chi connectivity index (χ0n) is 15.4. The highest BCUT2D eigenvalue weighted by atomic mass is 35.5. The second kappa shape index (κ2) is 11.0. The van der Waals surface area contributed by atoms with Crippen LogP contribution in [0.3, 0.4) is 0 Å². The summed E-state index contributed by atoms with van der Waals surface area (Å²) in [5, 5.41) is 17.6. The quantitative estimate of drug-likeness (QED) is 0.457. The van der Waals surface area contributed by atoms with Crippen molar-refractivity contribution in [1.29, 1.82) is 0 Å². The first-order valence-electron chi connectivity index (χ1n) is 8.76. The molecule has 0 saturated heterocycles. The van der Waals surface area contributed by atoms with E-state index in [0.29, 0.717) is 47.1 Å². The van der Waals surface area contributed by atoms with Gasteiger partial charge in [-0.3, -0.25) is 0 Å².